The third-order valence-corrected chi connectivity index (χ3v) is 15.9. The van der Waals surface area contributed by atoms with Crippen LogP contribution < -0.4 is 4.90 Å². The molecule has 6 nitrogen and oxygen atoms in total. The van der Waals surface area contributed by atoms with E-state index in [1.165, 1.54) is 97.2 Å². The largest absolute Gasteiger partial charge is 0.481 e. The van der Waals surface area contributed by atoms with Crippen LogP contribution in [0.15, 0.2) is 119 Å². The number of thioether (sulfide) groups is 1. The number of carbonyl (C=O) groups is 2. The number of rotatable bonds is 22. The highest BCUT2D eigenvalue weighted by atomic mass is 32.2. The van der Waals surface area contributed by atoms with Gasteiger partial charge in [-0.1, -0.05) is 120 Å². The minimum Gasteiger partial charge on any atom is -0.481 e. The van der Waals surface area contributed by atoms with E-state index in [4.69, 9.17) is 0 Å². The zero-order valence-corrected chi connectivity index (χ0v) is 40.9. The third-order valence-electron chi connectivity index (χ3n) is 14.4. The molecule has 65 heavy (non-hydrogen) atoms. The number of hydrogen-bond acceptors (Lipinski definition) is 4. The molecule has 4 aromatic carbocycles. The Kier molecular flexibility index (Phi) is 16.0. The van der Waals surface area contributed by atoms with Crippen LogP contribution >= 0.6 is 11.8 Å². The molecule has 2 N–H and O–H groups in total. The quantitative estimate of drug-likeness (QED) is 0.0604. The van der Waals surface area contributed by atoms with Crippen LogP contribution in [0.1, 0.15) is 149 Å². The van der Waals surface area contributed by atoms with Crippen molar-refractivity contribution in [3.05, 3.63) is 130 Å². The predicted molar refractivity (Wildman–Crippen MR) is 275 cm³/mol. The Morgan fingerprint density at radius 1 is 0.738 bits per heavy atom. The van der Waals surface area contributed by atoms with Crippen LogP contribution in [0.2, 0.25) is 0 Å². The number of hydrogen-bond donors (Lipinski definition) is 2. The van der Waals surface area contributed by atoms with Gasteiger partial charge in [0.05, 0.1) is 5.41 Å². The molecular formula is C58H73N2O4S+. The summed E-state index contributed by atoms with van der Waals surface area (Å²) >= 11 is 2.08. The summed E-state index contributed by atoms with van der Waals surface area (Å²) in [6, 6.07) is 26.7. The molecule has 4 aromatic rings. The Hall–Kier alpha value is -4.88. The molecule has 0 bridgehead atoms. The van der Waals surface area contributed by atoms with E-state index in [1.807, 2.05) is 0 Å². The second-order valence-corrected chi connectivity index (χ2v) is 20.8. The topological polar surface area (TPSA) is 80.9 Å². The molecule has 0 saturated carbocycles. The van der Waals surface area contributed by atoms with Crippen LogP contribution in [-0.2, 0) is 20.4 Å². The van der Waals surface area contributed by atoms with Crippen molar-refractivity contribution in [3.8, 4) is 0 Å². The highest BCUT2D eigenvalue weighted by Crippen LogP contribution is 2.51. The molecule has 0 saturated heterocycles. The van der Waals surface area contributed by atoms with Crippen LogP contribution in [0.3, 0.4) is 0 Å². The number of fused-ring (bicyclic) bond motifs is 6. The van der Waals surface area contributed by atoms with Gasteiger partial charge in [0.2, 0.25) is 5.69 Å². The van der Waals surface area contributed by atoms with Crippen molar-refractivity contribution >= 4 is 62.3 Å². The van der Waals surface area contributed by atoms with Gasteiger partial charge >= 0.3 is 11.9 Å². The SMILES string of the molecule is CCCCC(CC)CSC1=C(/C=C/C2=[N+](CCCCCC(=O)O)c3ccc4ccccc4c3C2(C)C)CCC/C1=C\C=C1\N(CCCCCC(=O)O)c2ccc3ccccc3c2C1(C)C. The van der Waals surface area contributed by atoms with Crippen molar-refractivity contribution in [2.75, 3.05) is 23.7 Å². The van der Waals surface area contributed by atoms with Crippen molar-refractivity contribution in [2.24, 2.45) is 5.92 Å². The van der Waals surface area contributed by atoms with Crippen molar-refractivity contribution in [1.29, 1.82) is 0 Å². The summed E-state index contributed by atoms with van der Waals surface area (Å²) in [7, 11) is 0. The first-order chi connectivity index (χ1) is 31.4. The molecule has 1 unspecified atom stereocenters. The second-order valence-electron chi connectivity index (χ2n) is 19.7. The molecule has 344 valence electrons. The standard InChI is InChI=1S/C58H72N2O4S/c1-7-9-21-41(8-2)40-65-56-44(32-36-50-57(3,4)54-46-26-16-14-22-42(46)30-34-48(54)59(50)38-18-10-12-28-52(61)62)24-20-25-45(56)33-37-51-58(5,6)55-47-27-17-15-23-43(47)31-35-49(55)60(51)39-19-11-13-29-53(63)64/h14-17,22-23,26-27,30-37,41H,7-13,18-21,24-25,28-29,38-40H2,1-6H3,(H-,61,62,63,64)/p+1. The maximum Gasteiger partial charge on any atom is 0.303 e. The lowest BCUT2D eigenvalue weighted by Gasteiger charge is -2.28. The number of anilines is 1. The molecule has 7 heteroatoms. The summed E-state index contributed by atoms with van der Waals surface area (Å²) < 4.78 is 2.54. The van der Waals surface area contributed by atoms with Crippen LogP contribution in [0.25, 0.3) is 21.5 Å². The summed E-state index contributed by atoms with van der Waals surface area (Å²) in [5, 5.41) is 23.8. The van der Waals surface area contributed by atoms with Crippen LogP contribution in [0, 0.1) is 5.92 Å². The Morgan fingerprint density at radius 2 is 1.40 bits per heavy atom. The van der Waals surface area contributed by atoms with Crippen LogP contribution in [0.4, 0.5) is 11.4 Å². The molecule has 0 spiro atoms. The molecule has 0 aromatic heterocycles. The predicted octanol–water partition coefficient (Wildman–Crippen LogP) is 15.2. The van der Waals surface area contributed by atoms with Crippen molar-refractivity contribution < 1.29 is 24.4 Å². The van der Waals surface area contributed by atoms with E-state index in [0.29, 0.717) is 18.8 Å². The number of nitrogens with zero attached hydrogens (tertiary/aromatic N) is 2. The Morgan fingerprint density at radius 3 is 2.08 bits per heavy atom. The third kappa shape index (κ3) is 10.7. The second kappa shape index (κ2) is 21.6. The van der Waals surface area contributed by atoms with Crippen LogP contribution in [-0.4, -0.2) is 51.3 Å². The van der Waals surface area contributed by atoms with Gasteiger partial charge in [-0.05, 0) is 128 Å². The number of benzene rings is 4. The first-order valence-electron chi connectivity index (χ1n) is 24.7. The number of carboxylic acid groups (broad SMARTS) is 2. The average molecular weight is 894 g/mol. The van der Waals surface area contributed by atoms with Gasteiger partial charge in [-0.2, -0.15) is 4.58 Å². The van der Waals surface area contributed by atoms with Crippen LogP contribution in [0.5, 0.6) is 0 Å². The summed E-state index contributed by atoms with van der Waals surface area (Å²) in [6.45, 7) is 15.9. The van der Waals surface area contributed by atoms with E-state index >= 15 is 0 Å². The highest BCUT2D eigenvalue weighted by Gasteiger charge is 2.45. The Bertz CT molecular complexity index is 2540. The highest BCUT2D eigenvalue weighted by molar-refractivity contribution is 8.03. The summed E-state index contributed by atoms with van der Waals surface area (Å²) in [4.78, 5) is 26.7. The zero-order valence-electron chi connectivity index (χ0n) is 40.1. The van der Waals surface area contributed by atoms with Gasteiger partial charge in [-0.15, -0.1) is 11.8 Å². The minimum atomic E-state index is -0.720. The molecule has 3 aliphatic rings. The van der Waals surface area contributed by atoms with E-state index in [2.05, 4.69) is 160 Å². The lowest BCUT2D eigenvalue weighted by atomic mass is 9.78. The molecule has 2 aliphatic heterocycles. The lowest BCUT2D eigenvalue weighted by molar-refractivity contribution is -0.438. The maximum absolute atomic E-state index is 11.3. The van der Waals surface area contributed by atoms with Gasteiger partial charge in [0.1, 0.15) is 6.54 Å². The Balaban J connectivity index is 1.30. The molecule has 1 atom stereocenters. The van der Waals surface area contributed by atoms with E-state index in [-0.39, 0.29) is 23.7 Å². The van der Waals surface area contributed by atoms with Gasteiger partial charge < -0.3 is 15.1 Å². The first kappa shape index (κ1) is 48.1. The Labute approximate surface area is 393 Å². The molecule has 0 amide bonds. The number of allylic oxidation sites excluding steroid dienone is 7. The van der Waals surface area contributed by atoms with E-state index in [9.17, 15) is 19.8 Å². The number of unbranched alkanes of at least 4 members (excludes halogenated alkanes) is 5. The first-order valence-corrected chi connectivity index (χ1v) is 25.7. The van der Waals surface area contributed by atoms with E-state index in [1.54, 1.807) is 0 Å². The fourth-order valence-corrected chi connectivity index (χ4v) is 12.4. The average Bonchev–Trinajstić information content (AvgIpc) is 3.65. The molecule has 0 fully saturated rings. The lowest BCUT2D eigenvalue weighted by Crippen LogP contribution is -2.28. The maximum atomic E-state index is 11.3. The molecule has 0 radical (unpaired) electrons. The summed E-state index contributed by atoms with van der Waals surface area (Å²) in [6.07, 6.45) is 23.4. The summed E-state index contributed by atoms with van der Waals surface area (Å²) in [5.74, 6) is 0.350. The molecular weight excluding hydrogens is 821 g/mol. The zero-order chi connectivity index (χ0) is 46.1. The smallest absolute Gasteiger partial charge is 0.303 e. The van der Waals surface area contributed by atoms with E-state index < -0.39 is 11.9 Å². The molecule has 7 rings (SSSR count). The monoisotopic (exact) mass is 894 g/mol. The van der Waals surface area contributed by atoms with Crippen molar-refractivity contribution in [3.63, 3.8) is 0 Å². The molecule has 2 heterocycles. The number of aliphatic carboxylic acids is 2. The van der Waals surface area contributed by atoms with Gasteiger partial charge in [-0.25, -0.2) is 0 Å². The fourth-order valence-electron chi connectivity index (χ4n) is 10.9. The minimum absolute atomic E-state index is 0.218. The van der Waals surface area contributed by atoms with Crippen molar-refractivity contribution in [1.82, 2.24) is 0 Å². The normalized spacial score (nSPS) is 18.5. The van der Waals surface area contributed by atoms with Gasteiger partial charge in [0, 0.05) is 71.0 Å². The van der Waals surface area contributed by atoms with E-state index in [0.717, 1.165) is 63.8 Å². The molecule has 1 aliphatic carbocycles. The van der Waals surface area contributed by atoms with Gasteiger partial charge in [-0.3, -0.25) is 9.59 Å². The number of carboxylic acids is 2. The summed E-state index contributed by atoms with van der Waals surface area (Å²) in [5.41, 5.74) is 10.3. The van der Waals surface area contributed by atoms with Gasteiger partial charge in [0.15, 0.2) is 5.71 Å². The van der Waals surface area contributed by atoms with Gasteiger partial charge in [0.25, 0.3) is 0 Å². The van der Waals surface area contributed by atoms with Crippen molar-refractivity contribution in [2.45, 2.75) is 149 Å². The fraction of sp³-hybridized carbons (Fsp3) is 0.466.